The van der Waals surface area contributed by atoms with Crippen molar-refractivity contribution in [3.8, 4) is 0 Å². The van der Waals surface area contributed by atoms with Crippen molar-refractivity contribution >= 4 is 20.9 Å². The highest BCUT2D eigenvalue weighted by Crippen LogP contribution is 2.36. The minimum absolute atomic E-state index is 0.0297. The molecule has 0 amide bonds. The molecule has 0 radical (unpaired) electrons. The molecule has 0 unspecified atom stereocenters. The van der Waals surface area contributed by atoms with E-state index in [0.717, 1.165) is 35.7 Å². The number of nitrogens with zero attached hydrogens (tertiary/aromatic N) is 2. The van der Waals surface area contributed by atoms with E-state index in [1.165, 1.54) is 12.8 Å². The zero-order valence-corrected chi connectivity index (χ0v) is 18.7. The van der Waals surface area contributed by atoms with E-state index in [1.807, 2.05) is 33.8 Å². The predicted octanol–water partition coefficient (Wildman–Crippen LogP) is 5.24. The maximum atomic E-state index is 13.2. The van der Waals surface area contributed by atoms with E-state index in [-0.39, 0.29) is 11.3 Å². The summed E-state index contributed by atoms with van der Waals surface area (Å²) in [5.41, 5.74) is 2.00. The number of benzene rings is 1. The van der Waals surface area contributed by atoms with Crippen molar-refractivity contribution in [2.75, 3.05) is 0 Å². The van der Waals surface area contributed by atoms with Crippen LogP contribution in [0, 0.1) is 17.3 Å². The monoisotopic (exact) mass is 390 g/mol. The molecule has 5 heteroatoms. The van der Waals surface area contributed by atoms with Crippen LogP contribution in [0.5, 0.6) is 0 Å². The number of fused-ring (bicyclic) bond motifs is 1. The molecule has 0 N–H and O–H groups in total. The van der Waals surface area contributed by atoms with Gasteiger partial charge >= 0.3 is 0 Å². The molecule has 27 heavy (non-hydrogen) atoms. The predicted molar refractivity (Wildman–Crippen MR) is 112 cm³/mol. The van der Waals surface area contributed by atoms with Crippen LogP contribution in [0.3, 0.4) is 0 Å². The normalized spacial score (nSPS) is 16.4. The molecule has 1 aromatic carbocycles. The van der Waals surface area contributed by atoms with Crippen molar-refractivity contribution in [2.24, 2.45) is 17.3 Å². The van der Waals surface area contributed by atoms with E-state index in [9.17, 15) is 8.42 Å². The number of hydrogen-bond donors (Lipinski definition) is 0. The second-order valence-electron chi connectivity index (χ2n) is 10.2. The minimum atomic E-state index is -3.43. The van der Waals surface area contributed by atoms with Gasteiger partial charge in [-0.1, -0.05) is 34.6 Å². The summed E-state index contributed by atoms with van der Waals surface area (Å²) in [5.74, 6) is 1.84. The lowest BCUT2D eigenvalue weighted by Gasteiger charge is -2.29. The summed E-state index contributed by atoms with van der Waals surface area (Å²) in [6.45, 7) is 15.2. The molecular weight excluding hydrogens is 356 g/mol. The first-order valence-corrected chi connectivity index (χ1v) is 11.5. The zero-order chi connectivity index (χ0) is 20.2. The van der Waals surface area contributed by atoms with E-state index in [0.29, 0.717) is 4.90 Å². The SMILES string of the molecule is CC(C)C(C)(C)S(=O)(=O)c1ccc2c(c1)nc(CC(C)(C)C)n2CC1CC1. The van der Waals surface area contributed by atoms with Gasteiger partial charge in [0.05, 0.1) is 20.7 Å². The molecule has 1 saturated carbocycles. The fourth-order valence-corrected chi connectivity index (χ4v) is 5.05. The molecule has 0 atom stereocenters. The van der Waals surface area contributed by atoms with Gasteiger partial charge in [0.2, 0.25) is 0 Å². The van der Waals surface area contributed by atoms with Crippen LogP contribution in [-0.4, -0.2) is 22.7 Å². The Morgan fingerprint density at radius 1 is 1.15 bits per heavy atom. The Morgan fingerprint density at radius 2 is 1.78 bits per heavy atom. The first-order valence-electron chi connectivity index (χ1n) is 10.1. The Bertz CT molecular complexity index is 943. The van der Waals surface area contributed by atoms with Gasteiger partial charge in [0, 0.05) is 13.0 Å². The van der Waals surface area contributed by atoms with E-state index in [2.05, 4.69) is 25.3 Å². The average molecular weight is 391 g/mol. The van der Waals surface area contributed by atoms with Crippen molar-refractivity contribution in [1.29, 1.82) is 0 Å². The summed E-state index contributed by atoms with van der Waals surface area (Å²) >= 11 is 0. The molecule has 1 aliphatic rings. The molecule has 0 saturated heterocycles. The lowest BCUT2D eigenvalue weighted by Crippen LogP contribution is -2.37. The molecule has 4 nitrogen and oxygen atoms in total. The van der Waals surface area contributed by atoms with Crippen LogP contribution in [0.2, 0.25) is 0 Å². The number of aromatic nitrogens is 2. The van der Waals surface area contributed by atoms with Crippen LogP contribution in [0.25, 0.3) is 11.0 Å². The Morgan fingerprint density at radius 3 is 2.30 bits per heavy atom. The van der Waals surface area contributed by atoms with E-state index >= 15 is 0 Å². The van der Waals surface area contributed by atoms with E-state index < -0.39 is 14.6 Å². The number of rotatable bonds is 6. The van der Waals surface area contributed by atoms with Crippen molar-refractivity contribution < 1.29 is 8.42 Å². The molecular formula is C22H34N2O2S. The Kier molecular flexibility index (Phi) is 4.99. The van der Waals surface area contributed by atoms with Crippen molar-refractivity contribution in [1.82, 2.24) is 9.55 Å². The van der Waals surface area contributed by atoms with E-state index in [4.69, 9.17) is 4.98 Å². The number of hydrogen-bond acceptors (Lipinski definition) is 3. The third kappa shape index (κ3) is 3.94. The molecule has 150 valence electrons. The maximum absolute atomic E-state index is 13.2. The summed E-state index contributed by atoms with van der Waals surface area (Å²) in [6.07, 6.45) is 3.45. The largest absolute Gasteiger partial charge is 0.328 e. The number of sulfone groups is 1. The van der Waals surface area contributed by atoms with Gasteiger partial charge in [-0.05, 0) is 62.1 Å². The fraction of sp³-hybridized carbons (Fsp3) is 0.682. The molecule has 0 spiro atoms. The minimum Gasteiger partial charge on any atom is -0.328 e. The van der Waals surface area contributed by atoms with Crippen molar-refractivity contribution in [3.05, 3.63) is 24.0 Å². The standard InChI is InChI=1S/C22H34N2O2S/c1-15(2)22(6,7)27(25,26)17-10-11-19-18(12-17)23-20(13-21(3,4)5)24(19)14-16-8-9-16/h10-12,15-16H,8-9,13-14H2,1-7H3. The lowest BCUT2D eigenvalue weighted by molar-refractivity contribution is 0.391. The highest BCUT2D eigenvalue weighted by molar-refractivity contribution is 7.92. The van der Waals surface area contributed by atoms with Crippen LogP contribution < -0.4 is 0 Å². The summed E-state index contributed by atoms with van der Waals surface area (Å²) in [5, 5.41) is 0. The first kappa shape index (κ1) is 20.4. The third-order valence-corrected chi connectivity index (χ3v) is 8.75. The quantitative estimate of drug-likeness (QED) is 0.677. The van der Waals surface area contributed by atoms with Crippen molar-refractivity contribution in [3.63, 3.8) is 0 Å². The van der Waals surface area contributed by atoms with Gasteiger partial charge in [-0.2, -0.15) is 0 Å². The maximum Gasteiger partial charge on any atom is 0.183 e. The topological polar surface area (TPSA) is 52.0 Å². The summed E-state index contributed by atoms with van der Waals surface area (Å²) in [4.78, 5) is 5.26. The van der Waals surface area contributed by atoms with Crippen LogP contribution in [0.4, 0.5) is 0 Å². The fourth-order valence-electron chi connectivity index (χ4n) is 3.31. The summed E-state index contributed by atoms with van der Waals surface area (Å²) < 4.78 is 27.9. The molecule has 3 rings (SSSR count). The Labute approximate surface area is 164 Å². The highest BCUT2D eigenvalue weighted by Gasteiger charge is 2.39. The van der Waals surface area contributed by atoms with Gasteiger partial charge in [0.25, 0.3) is 0 Å². The van der Waals surface area contributed by atoms with Gasteiger partial charge in [-0.25, -0.2) is 13.4 Å². The van der Waals surface area contributed by atoms with Gasteiger partial charge in [-0.3, -0.25) is 0 Å². The molecule has 1 aliphatic carbocycles. The smallest absolute Gasteiger partial charge is 0.183 e. The van der Waals surface area contributed by atoms with Gasteiger partial charge in [-0.15, -0.1) is 0 Å². The van der Waals surface area contributed by atoms with Crippen LogP contribution in [0.1, 0.15) is 67.1 Å². The Balaban J connectivity index is 2.10. The van der Waals surface area contributed by atoms with E-state index in [1.54, 1.807) is 12.1 Å². The molecule has 1 heterocycles. The lowest BCUT2D eigenvalue weighted by atomic mass is 9.92. The van der Waals surface area contributed by atoms with Crippen molar-refractivity contribution in [2.45, 2.75) is 83.9 Å². The summed E-state index contributed by atoms with van der Waals surface area (Å²) in [6, 6.07) is 5.51. The molecule has 2 aromatic rings. The molecule has 0 bridgehead atoms. The summed E-state index contributed by atoms with van der Waals surface area (Å²) in [7, 11) is -3.43. The van der Waals surface area contributed by atoms with Gasteiger partial charge in [0.15, 0.2) is 9.84 Å². The Hall–Kier alpha value is -1.36. The molecule has 0 aliphatic heterocycles. The van der Waals surface area contributed by atoms with Crippen LogP contribution >= 0.6 is 0 Å². The first-order chi connectivity index (χ1) is 12.3. The molecule has 1 fully saturated rings. The van der Waals surface area contributed by atoms with Gasteiger partial charge < -0.3 is 4.57 Å². The second kappa shape index (κ2) is 6.61. The third-order valence-electron chi connectivity index (χ3n) is 6.02. The molecule has 1 aromatic heterocycles. The van der Waals surface area contributed by atoms with Gasteiger partial charge in [0.1, 0.15) is 5.82 Å². The average Bonchev–Trinajstić information content (AvgIpc) is 3.28. The van der Waals surface area contributed by atoms with Crippen LogP contribution in [0.15, 0.2) is 23.1 Å². The zero-order valence-electron chi connectivity index (χ0n) is 17.8. The number of imidazole rings is 1. The van der Waals surface area contributed by atoms with Crippen LogP contribution in [-0.2, 0) is 22.8 Å². The second-order valence-corrected chi connectivity index (χ2v) is 12.8. The highest BCUT2D eigenvalue weighted by atomic mass is 32.2.